The van der Waals surface area contributed by atoms with Crippen LogP contribution in [0.5, 0.6) is 0 Å². The van der Waals surface area contributed by atoms with Crippen molar-refractivity contribution in [1.29, 1.82) is 0 Å². The first-order chi connectivity index (χ1) is 8.13. The van der Waals surface area contributed by atoms with E-state index in [1.807, 2.05) is 13.1 Å². The predicted molar refractivity (Wildman–Crippen MR) is 68.7 cm³/mol. The predicted octanol–water partition coefficient (Wildman–Crippen LogP) is 3.07. The van der Waals surface area contributed by atoms with Crippen molar-refractivity contribution in [2.75, 3.05) is 20.2 Å². The van der Waals surface area contributed by atoms with Crippen LogP contribution in [0.4, 0.5) is 4.39 Å². The summed E-state index contributed by atoms with van der Waals surface area (Å²) in [5, 5.41) is 8.82. The van der Waals surface area contributed by atoms with Gasteiger partial charge in [-0.15, -0.1) is 0 Å². The van der Waals surface area contributed by atoms with E-state index in [-0.39, 0.29) is 17.4 Å². The number of benzene rings is 1. The first-order valence-corrected chi connectivity index (χ1v) is 6.24. The van der Waals surface area contributed by atoms with Crippen LogP contribution in [-0.2, 0) is 6.54 Å². The molecule has 0 saturated carbocycles. The molecule has 0 atom stereocenters. The van der Waals surface area contributed by atoms with Crippen LogP contribution in [0, 0.1) is 5.82 Å². The Morgan fingerprint density at radius 3 is 2.71 bits per heavy atom. The van der Waals surface area contributed by atoms with E-state index in [1.54, 1.807) is 6.07 Å². The number of unbranched alkanes of at least 4 members (excludes halogenated alkanes) is 2. The summed E-state index contributed by atoms with van der Waals surface area (Å²) >= 11 is 5.62. The lowest BCUT2D eigenvalue weighted by Crippen LogP contribution is -2.19. The molecule has 17 heavy (non-hydrogen) atoms. The molecular formula is C13H19ClFNO. The van der Waals surface area contributed by atoms with Crippen LogP contribution in [0.25, 0.3) is 0 Å². The summed E-state index contributed by atoms with van der Waals surface area (Å²) < 4.78 is 13.2. The quantitative estimate of drug-likeness (QED) is 0.761. The van der Waals surface area contributed by atoms with Crippen LogP contribution in [0.3, 0.4) is 0 Å². The molecule has 0 saturated heterocycles. The van der Waals surface area contributed by atoms with Crippen LogP contribution in [0.15, 0.2) is 18.2 Å². The fraction of sp³-hybridized carbons (Fsp3) is 0.538. The molecule has 1 aromatic rings. The van der Waals surface area contributed by atoms with Gasteiger partial charge >= 0.3 is 0 Å². The zero-order chi connectivity index (χ0) is 12.7. The Hall–Kier alpha value is -0.640. The first kappa shape index (κ1) is 14.4. The summed E-state index contributed by atoms with van der Waals surface area (Å²) in [6.45, 7) is 1.92. The highest BCUT2D eigenvalue weighted by atomic mass is 35.5. The highest BCUT2D eigenvalue weighted by Gasteiger charge is 2.04. The largest absolute Gasteiger partial charge is 0.396 e. The molecule has 0 heterocycles. The maximum absolute atomic E-state index is 13.2. The Morgan fingerprint density at radius 1 is 1.29 bits per heavy atom. The van der Waals surface area contributed by atoms with Gasteiger partial charge in [-0.3, -0.25) is 0 Å². The maximum atomic E-state index is 13.2. The molecule has 0 spiro atoms. The third kappa shape index (κ3) is 5.48. The lowest BCUT2D eigenvalue weighted by atomic mass is 10.2. The van der Waals surface area contributed by atoms with Crippen molar-refractivity contribution in [3.05, 3.63) is 34.6 Å². The SMILES string of the molecule is CN(CCCCCO)Cc1ccc(Cl)c(F)c1. The van der Waals surface area contributed by atoms with E-state index in [1.165, 1.54) is 6.07 Å². The Morgan fingerprint density at radius 2 is 2.06 bits per heavy atom. The normalized spacial score (nSPS) is 11.1. The lowest BCUT2D eigenvalue weighted by molar-refractivity contribution is 0.271. The van der Waals surface area contributed by atoms with Crippen LogP contribution < -0.4 is 0 Å². The third-order valence-electron chi connectivity index (χ3n) is 2.63. The topological polar surface area (TPSA) is 23.5 Å². The van der Waals surface area contributed by atoms with Crippen molar-refractivity contribution in [2.45, 2.75) is 25.8 Å². The zero-order valence-electron chi connectivity index (χ0n) is 10.1. The molecule has 0 aromatic heterocycles. The van der Waals surface area contributed by atoms with Crippen molar-refractivity contribution in [3.63, 3.8) is 0 Å². The molecule has 0 unspecified atom stereocenters. The first-order valence-electron chi connectivity index (χ1n) is 5.87. The summed E-state index contributed by atoms with van der Waals surface area (Å²) in [6, 6.07) is 4.91. The highest BCUT2D eigenvalue weighted by Crippen LogP contribution is 2.16. The van der Waals surface area contributed by atoms with E-state index in [9.17, 15) is 4.39 Å². The molecule has 0 fully saturated rings. The van der Waals surface area contributed by atoms with Crippen molar-refractivity contribution in [1.82, 2.24) is 4.90 Å². The van der Waals surface area contributed by atoms with Gasteiger partial charge in [-0.25, -0.2) is 4.39 Å². The molecule has 0 radical (unpaired) electrons. The average molecular weight is 260 g/mol. The molecule has 0 aliphatic carbocycles. The minimum absolute atomic E-state index is 0.166. The van der Waals surface area contributed by atoms with Gasteiger partial charge < -0.3 is 10.0 Å². The van der Waals surface area contributed by atoms with E-state index < -0.39 is 0 Å². The summed E-state index contributed by atoms with van der Waals surface area (Å²) in [7, 11) is 2.01. The molecule has 4 heteroatoms. The molecule has 96 valence electrons. The Balaban J connectivity index is 2.34. The molecule has 0 amide bonds. The standard InChI is InChI=1S/C13H19ClFNO/c1-16(7-3-2-4-8-17)10-11-5-6-12(14)13(15)9-11/h5-6,9,17H,2-4,7-8,10H2,1H3. The van der Waals surface area contributed by atoms with Gasteiger partial charge in [-0.05, 0) is 50.6 Å². The molecular weight excluding hydrogens is 241 g/mol. The summed E-state index contributed by atoms with van der Waals surface area (Å²) in [5.41, 5.74) is 0.927. The third-order valence-corrected chi connectivity index (χ3v) is 2.94. The second-order valence-electron chi connectivity index (χ2n) is 4.27. The number of halogens is 2. The van der Waals surface area contributed by atoms with Crippen molar-refractivity contribution in [3.8, 4) is 0 Å². The molecule has 0 aliphatic rings. The van der Waals surface area contributed by atoms with Gasteiger partial charge in [-0.1, -0.05) is 17.7 Å². The van der Waals surface area contributed by atoms with E-state index in [0.717, 1.165) is 31.4 Å². The van der Waals surface area contributed by atoms with Gasteiger partial charge in [0.25, 0.3) is 0 Å². The molecule has 1 rings (SSSR count). The van der Waals surface area contributed by atoms with E-state index in [2.05, 4.69) is 4.90 Å². The Kier molecular flexibility index (Phi) is 6.48. The van der Waals surface area contributed by atoms with Gasteiger partial charge in [0.15, 0.2) is 0 Å². The lowest BCUT2D eigenvalue weighted by Gasteiger charge is -2.16. The van der Waals surface area contributed by atoms with Gasteiger partial charge in [0.05, 0.1) is 5.02 Å². The fourth-order valence-electron chi connectivity index (χ4n) is 1.70. The minimum atomic E-state index is -0.363. The average Bonchev–Trinajstić information content (AvgIpc) is 2.30. The van der Waals surface area contributed by atoms with Crippen molar-refractivity contribution in [2.24, 2.45) is 0 Å². The van der Waals surface area contributed by atoms with Crippen LogP contribution in [0.1, 0.15) is 24.8 Å². The molecule has 0 aliphatic heterocycles. The van der Waals surface area contributed by atoms with Gasteiger partial charge in [0.2, 0.25) is 0 Å². The Labute approximate surface area is 107 Å². The summed E-state index contributed by atoms with van der Waals surface area (Å²) in [4.78, 5) is 2.14. The molecule has 1 aromatic carbocycles. The summed E-state index contributed by atoms with van der Waals surface area (Å²) in [6.07, 6.45) is 2.92. The van der Waals surface area contributed by atoms with Gasteiger partial charge in [0, 0.05) is 13.2 Å². The smallest absolute Gasteiger partial charge is 0.142 e. The van der Waals surface area contributed by atoms with Crippen LogP contribution >= 0.6 is 11.6 Å². The minimum Gasteiger partial charge on any atom is -0.396 e. The zero-order valence-corrected chi connectivity index (χ0v) is 10.9. The second-order valence-corrected chi connectivity index (χ2v) is 4.68. The highest BCUT2D eigenvalue weighted by molar-refractivity contribution is 6.30. The number of aliphatic hydroxyl groups excluding tert-OH is 1. The van der Waals surface area contributed by atoms with Gasteiger partial charge in [-0.2, -0.15) is 0 Å². The van der Waals surface area contributed by atoms with Crippen molar-refractivity contribution < 1.29 is 9.50 Å². The van der Waals surface area contributed by atoms with Crippen LogP contribution in [0.2, 0.25) is 5.02 Å². The number of nitrogens with zero attached hydrogens (tertiary/aromatic N) is 1. The van der Waals surface area contributed by atoms with Crippen LogP contribution in [-0.4, -0.2) is 30.2 Å². The summed E-state index contributed by atoms with van der Waals surface area (Å²) in [5.74, 6) is -0.363. The van der Waals surface area contributed by atoms with E-state index in [0.29, 0.717) is 6.54 Å². The van der Waals surface area contributed by atoms with Crippen molar-refractivity contribution >= 4 is 11.6 Å². The van der Waals surface area contributed by atoms with E-state index in [4.69, 9.17) is 16.7 Å². The number of rotatable bonds is 7. The molecule has 1 N–H and O–H groups in total. The monoisotopic (exact) mass is 259 g/mol. The van der Waals surface area contributed by atoms with Gasteiger partial charge in [0.1, 0.15) is 5.82 Å². The Bertz CT molecular complexity index is 346. The maximum Gasteiger partial charge on any atom is 0.142 e. The fourth-order valence-corrected chi connectivity index (χ4v) is 1.82. The number of aliphatic hydroxyl groups is 1. The molecule has 2 nitrogen and oxygen atoms in total. The van der Waals surface area contributed by atoms with E-state index >= 15 is 0 Å². The molecule has 0 bridgehead atoms. The number of hydrogen-bond acceptors (Lipinski definition) is 2. The second kappa shape index (κ2) is 7.64. The number of hydrogen-bond donors (Lipinski definition) is 1.